The average Bonchev–Trinajstić information content (AvgIpc) is 3.11. The number of aliphatic imine (C=N–C) groups is 1. The largest absolute Gasteiger partial charge is 0.504 e. The third-order valence-electron chi connectivity index (χ3n) is 4.79. The van der Waals surface area contributed by atoms with Crippen molar-refractivity contribution in [2.45, 2.75) is 4.90 Å². The van der Waals surface area contributed by atoms with Crippen molar-refractivity contribution in [3.8, 4) is 11.5 Å². The maximum absolute atomic E-state index is 13.3. The van der Waals surface area contributed by atoms with Gasteiger partial charge in [-0.3, -0.25) is 14.2 Å². The lowest BCUT2D eigenvalue weighted by Crippen LogP contribution is -2.32. The molecular formula is C23H18N2O6S. The second-order valence-electron chi connectivity index (χ2n) is 6.87. The quantitative estimate of drug-likeness (QED) is 0.454. The summed E-state index contributed by atoms with van der Waals surface area (Å²) < 4.78 is 37.1. The Kier molecular flexibility index (Phi) is 5.52. The summed E-state index contributed by atoms with van der Waals surface area (Å²) in [6, 6.07) is 19.0. The highest BCUT2D eigenvalue weighted by Gasteiger charge is 2.32. The van der Waals surface area contributed by atoms with Crippen molar-refractivity contribution in [1.29, 1.82) is 0 Å². The zero-order valence-electron chi connectivity index (χ0n) is 16.8. The van der Waals surface area contributed by atoms with E-state index in [4.69, 9.17) is 4.74 Å². The zero-order valence-corrected chi connectivity index (χ0v) is 17.7. The number of phenolic OH excluding ortho intramolecular Hbond substituents is 1. The van der Waals surface area contributed by atoms with Gasteiger partial charge in [-0.05, 0) is 48.0 Å². The number of benzene rings is 3. The molecule has 0 unspecified atom stereocenters. The Hall–Kier alpha value is -3.95. The molecular weight excluding hydrogens is 432 g/mol. The summed E-state index contributed by atoms with van der Waals surface area (Å²) in [5.74, 6) is 0.179. The third-order valence-corrected chi connectivity index (χ3v) is 5.66. The molecule has 4 rings (SSSR count). The number of aromatic hydroxyl groups is 1. The first-order valence-electron chi connectivity index (χ1n) is 9.43. The van der Waals surface area contributed by atoms with Crippen LogP contribution in [0.25, 0.3) is 6.08 Å². The monoisotopic (exact) mass is 450 g/mol. The van der Waals surface area contributed by atoms with Crippen LogP contribution in [-0.4, -0.2) is 36.9 Å². The molecule has 0 aliphatic carbocycles. The molecule has 2 N–H and O–H groups in total. The smallest absolute Gasteiger partial charge is 0.294 e. The van der Waals surface area contributed by atoms with Crippen LogP contribution in [0.2, 0.25) is 0 Å². The fourth-order valence-corrected chi connectivity index (χ4v) is 3.73. The summed E-state index contributed by atoms with van der Waals surface area (Å²) in [5.41, 5.74) is 1.82. The van der Waals surface area contributed by atoms with Gasteiger partial charge in [-0.15, -0.1) is 0 Å². The average molecular weight is 450 g/mol. The normalized spacial score (nSPS) is 15.2. The zero-order chi connectivity index (χ0) is 22.9. The van der Waals surface area contributed by atoms with Crippen molar-refractivity contribution >= 4 is 33.6 Å². The van der Waals surface area contributed by atoms with E-state index < -0.39 is 16.0 Å². The number of carbonyl (C=O) groups excluding carboxylic acids is 1. The first-order chi connectivity index (χ1) is 15.3. The first-order valence-corrected chi connectivity index (χ1v) is 10.9. The Morgan fingerprint density at radius 3 is 2.31 bits per heavy atom. The number of carbonyl (C=O) groups is 1. The minimum Gasteiger partial charge on any atom is -0.504 e. The molecule has 1 heterocycles. The van der Waals surface area contributed by atoms with E-state index in [0.29, 0.717) is 22.6 Å². The number of rotatable bonds is 5. The van der Waals surface area contributed by atoms with Crippen LogP contribution in [-0.2, 0) is 14.9 Å². The molecule has 32 heavy (non-hydrogen) atoms. The van der Waals surface area contributed by atoms with E-state index in [9.17, 15) is 22.9 Å². The fraction of sp³-hybridized carbons (Fsp3) is 0.0435. The van der Waals surface area contributed by atoms with E-state index in [-0.39, 0.29) is 22.1 Å². The van der Waals surface area contributed by atoms with Gasteiger partial charge >= 0.3 is 0 Å². The van der Waals surface area contributed by atoms with Gasteiger partial charge in [0.15, 0.2) is 11.5 Å². The van der Waals surface area contributed by atoms with Gasteiger partial charge < -0.3 is 9.84 Å². The molecule has 0 radical (unpaired) electrons. The van der Waals surface area contributed by atoms with Gasteiger partial charge in [0, 0.05) is 5.56 Å². The number of anilines is 1. The number of hydrogen-bond donors (Lipinski definition) is 2. The Morgan fingerprint density at radius 2 is 1.69 bits per heavy atom. The lowest BCUT2D eigenvalue weighted by atomic mass is 10.1. The van der Waals surface area contributed by atoms with Crippen molar-refractivity contribution in [3.05, 3.63) is 89.6 Å². The molecule has 8 nitrogen and oxygen atoms in total. The molecule has 0 atom stereocenters. The molecule has 0 aromatic heterocycles. The minimum absolute atomic E-state index is 0.0265. The van der Waals surface area contributed by atoms with Gasteiger partial charge in [0.2, 0.25) is 0 Å². The van der Waals surface area contributed by atoms with E-state index in [0.717, 1.165) is 0 Å². The van der Waals surface area contributed by atoms with E-state index in [1.165, 1.54) is 42.3 Å². The number of hydrogen-bond acceptors (Lipinski definition) is 6. The number of ether oxygens (including phenoxy) is 1. The molecule has 0 bridgehead atoms. The minimum atomic E-state index is -4.36. The number of amides is 1. The van der Waals surface area contributed by atoms with Crippen LogP contribution in [0.15, 0.2) is 88.4 Å². The molecule has 0 spiro atoms. The molecule has 0 saturated carbocycles. The predicted octanol–water partition coefficient (Wildman–Crippen LogP) is 3.48. The Labute approximate surface area is 184 Å². The Bertz CT molecular complexity index is 1350. The SMILES string of the molecule is COc1cc(/C=C2/N=C(c3ccccc3)N(c3ccc(S(=O)(=O)O)cc3)C2=O)ccc1O. The van der Waals surface area contributed by atoms with Gasteiger partial charge in [-0.1, -0.05) is 36.4 Å². The van der Waals surface area contributed by atoms with Crippen molar-refractivity contribution in [2.75, 3.05) is 12.0 Å². The lowest BCUT2D eigenvalue weighted by Gasteiger charge is -2.18. The highest BCUT2D eigenvalue weighted by atomic mass is 32.2. The van der Waals surface area contributed by atoms with Crippen molar-refractivity contribution in [3.63, 3.8) is 0 Å². The van der Waals surface area contributed by atoms with E-state index in [1.807, 2.05) is 18.2 Å². The number of phenols is 1. The van der Waals surface area contributed by atoms with Crippen LogP contribution in [0, 0.1) is 0 Å². The summed E-state index contributed by atoms with van der Waals surface area (Å²) >= 11 is 0. The summed E-state index contributed by atoms with van der Waals surface area (Å²) in [7, 11) is -2.93. The molecule has 1 aliphatic rings. The van der Waals surface area contributed by atoms with E-state index in [2.05, 4.69) is 4.99 Å². The second kappa shape index (κ2) is 8.29. The lowest BCUT2D eigenvalue weighted by molar-refractivity contribution is -0.113. The molecule has 1 amide bonds. The summed E-state index contributed by atoms with van der Waals surface area (Å²) in [4.78, 5) is 18.9. The van der Waals surface area contributed by atoms with E-state index >= 15 is 0 Å². The van der Waals surface area contributed by atoms with Gasteiger partial charge in [-0.25, -0.2) is 4.99 Å². The molecule has 162 valence electrons. The summed E-state index contributed by atoms with van der Waals surface area (Å²) in [5, 5.41) is 9.80. The highest BCUT2D eigenvalue weighted by Crippen LogP contribution is 2.31. The first kappa shape index (κ1) is 21.3. The topological polar surface area (TPSA) is 117 Å². The number of nitrogens with zero attached hydrogens (tertiary/aromatic N) is 2. The van der Waals surface area contributed by atoms with Crippen LogP contribution in [0.5, 0.6) is 11.5 Å². The van der Waals surface area contributed by atoms with Gasteiger partial charge in [-0.2, -0.15) is 8.42 Å². The molecule has 0 saturated heterocycles. The van der Waals surface area contributed by atoms with Crippen LogP contribution in [0.4, 0.5) is 5.69 Å². The maximum Gasteiger partial charge on any atom is 0.294 e. The summed E-state index contributed by atoms with van der Waals surface area (Å²) in [6.45, 7) is 0. The van der Waals surface area contributed by atoms with Gasteiger partial charge in [0.1, 0.15) is 11.5 Å². The van der Waals surface area contributed by atoms with Crippen molar-refractivity contribution in [1.82, 2.24) is 0 Å². The number of methoxy groups -OCH3 is 1. The van der Waals surface area contributed by atoms with Crippen molar-refractivity contribution < 1.29 is 27.6 Å². The second-order valence-corrected chi connectivity index (χ2v) is 8.29. The van der Waals surface area contributed by atoms with Crippen LogP contribution in [0.3, 0.4) is 0 Å². The van der Waals surface area contributed by atoms with Crippen molar-refractivity contribution in [2.24, 2.45) is 4.99 Å². The molecule has 3 aromatic carbocycles. The summed E-state index contributed by atoms with van der Waals surface area (Å²) in [6.07, 6.45) is 1.57. The highest BCUT2D eigenvalue weighted by molar-refractivity contribution is 7.85. The number of amidine groups is 1. The van der Waals surface area contributed by atoms with Crippen LogP contribution >= 0.6 is 0 Å². The van der Waals surface area contributed by atoms with E-state index in [1.54, 1.807) is 30.3 Å². The molecule has 0 fully saturated rings. The fourth-order valence-electron chi connectivity index (χ4n) is 3.25. The van der Waals surface area contributed by atoms with Crippen LogP contribution < -0.4 is 9.64 Å². The predicted molar refractivity (Wildman–Crippen MR) is 119 cm³/mol. The van der Waals surface area contributed by atoms with Crippen LogP contribution in [0.1, 0.15) is 11.1 Å². The van der Waals surface area contributed by atoms with Gasteiger partial charge in [0.25, 0.3) is 16.0 Å². The standard InChI is InChI=1S/C23H18N2O6S/c1-31-21-14-15(7-12-20(21)26)13-19-23(27)25(22(24-19)16-5-3-2-4-6-16)17-8-10-18(11-9-17)32(28,29)30/h2-14,26H,1H3,(H,28,29,30)/b19-13+. The third kappa shape index (κ3) is 4.11. The molecule has 9 heteroatoms. The molecule has 1 aliphatic heterocycles. The Morgan fingerprint density at radius 1 is 1.00 bits per heavy atom. The molecule has 3 aromatic rings. The Balaban J connectivity index is 1.80. The van der Waals surface area contributed by atoms with Gasteiger partial charge in [0.05, 0.1) is 17.7 Å². The maximum atomic E-state index is 13.3.